The van der Waals surface area contributed by atoms with Crippen molar-refractivity contribution in [2.24, 2.45) is 5.92 Å². The lowest BCUT2D eigenvalue weighted by Gasteiger charge is -2.30. The number of nitrogens with one attached hydrogen (secondary N) is 1. The zero-order chi connectivity index (χ0) is 17.1. The molecule has 6 nitrogen and oxygen atoms in total. The molecule has 3 rings (SSSR count). The van der Waals surface area contributed by atoms with Crippen LogP contribution in [0.1, 0.15) is 12.8 Å². The predicted octanol–water partition coefficient (Wildman–Crippen LogP) is 3.79. The van der Waals surface area contributed by atoms with E-state index in [1.165, 1.54) is 11.3 Å². The molecule has 24 heavy (non-hydrogen) atoms. The highest BCUT2D eigenvalue weighted by Gasteiger charge is 2.28. The summed E-state index contributed by atoms with van der Waals surface area (Å²) in [5.74, 6) is -1.36. The minimum Gasteiger partial charge on any atom is -0.481 e. The van der Waals surface area contributed by atoms with Crippen molar-refractivity contribution in [1.29, 1.82) is 0 Å². The number of amides is 2. The Balaban J connectivity index is 1.76. The van der Waals surface area contributed by atoms with Crippen molar-refractivity contribution in [3.05, 3.63) is 34.8 Å². The van der Waals surface area contributed by atoms with Crippen molar-refractivity contribution >= 4 is 40.6 Å². The first-order chi connectivity index (χ1) is 11.5. The van der Waals surface area contributed by atoms with Gasteiger partial charge in [-0.15, -0.1) is 11.3 Å². The summed E-state index contributed by atoms with van der Waals surface area (Å²) in [6, 6.07) is 6.84. The van der Waals surface area contributed by atoms with Gasteiger partial charge in [-0.05, 0) is 37.1 Å². The van der Waals surface area contributed by atoms with E-state index in [1.54, 1.807) is 29.3 Å². The van der Waals surface area contributed by atoms with E-state index >= 15 is 0 Å². The molecule has 126 valence electrons. The van der Waals surface area contributed by atoms with Crippen LogP contribution in [-0.4, -0.2) is 40.1 Å². The standard InChI is InChI=1S/C16H16ClN3O3S/c17-13-6-5-12(24-13)14-11(4-1-7-18-14)19-16(23)20-8-2-3-10(9-20)15(21)22/h1,4-7,10H,2-3,8-9H2,(H,19,23)(H,21,22). The molecule has 1 saturated heterocycles. The number of urea groups is 1. The Bertz CT molecular complexity index is 765. The summed E-state index contributed by atoms with van der Waals surface area (Å²) in [5.41, 5.74) is 1.23. The van der Waals surface area contributed by atoms with Crippen LogP contribution in [-0.2, 0) is 4.79 Å². The fourth-order valence-corrected chi connectivity index (χ4v) is 3.76. The van der Waals surface area contributed by atoms with Crippen molar-refractivity contribution in [3.63, 3.8) is 0 Å². The Morgan fingerprint density at radius 1 is 1.38 bits per heavy atom. The quantitative estimate of drug-likeness (QED) is 0.866. The third kappa shape index (κ3) is 3.68. The Labute approximate surface area is 148 Å². The van der Waals surface area contributed by atoms with Crippen LogP contribution in [0.2, 0.25) is 4.34 Å². The highest BCUT2D eigenvalue weighted by molar-refractivity contribution is 7.19. The minimum absolute atomic E-state index is 0.224. The lowest BCUT2D eigenvalue weighted by atomic mass is 9.99. The number of carboxylic acids is 1. The topological polar surface area (TPSA) is 82.5 Å². The van der Waals surface area contributed by atoms with Gasteiger partial charge in [0.25, 0.3) is 0 Å². The van der Waals surface area contributed by atoms with Crippen molar-refractivity contribution in [2.45, 2.75) is 12.8 Å². The molecule has 1 unspecified atom stereocenters. The van der Waals surface area contributed by atoms with Crippen molar-refractivity contribution in [3.8, 4) is 10.6 Å². The van der Waals surface area contributed by atoms with Gasteiger partial charge in [0, 0.05) is 19.3 Å². The first kappa shape index (κ1) is 16.7. The van der Waals surface area contributed by atoms with Gasteiger partial charge in [0.15, 0.2) is 0 Å². The number of pyridine rings is 1. The molecule has 0 aromatic carbocycles. The van der Waals surface area contributed by atoms with Gasteiger partial charge in [-0.1, -0.05) is 11.6 Å². The molecule has 3 heterocycles. The number of hydrogen-bond donors (Lipinski definition) is 2. The van der Waals surface area contributed by atoms with Gasteiger partial charge in [0.1, 0.15) is 5.69 Å². The first-order valence-electron chi connectivity index (χ1n) is 7.54. The van der Waals surface area contributed by atoms with Crippen LogP contribution in [0.5, 0.6) is 0 Å². The molecule has 1 aliphatic rings. The molecule has 0 aliphatic carbocycles. The molecular formula is C16H16ClN3O3S. The summed E-state index contributed by atoms with van der Waals surface area (Å²) in [5, 5.41) is 12.0. The summed E-state index contributed by atoms with van der Waals surface area (Å²) in [6.07, 6.45) is 2.94. The summed E-state index contributed by atoms with van der Waals surface area (Å²) >= 11 is 7.36. The number of halogens is 1. The van der Waals surface area contributed by atoms with E-state index in [-0.39, 0.29) is 12.6 Å². The van der Waals surface area contributed by atoms with Crippen LogP contribution >= 0.6 is 22.9 Å². The van der Waals surface area contributed by atoms with E-state index in [0.29, 0.717) is 35.1 Å². The van der Waals surface area contributed by atoms with E-state index < -0.39 is 11.9 Å². The number of likely N-dealkylation sites (tertiary alicyclic amines) is 1. The highest BCUT2D eigenvalue weighted by atomic mass is 35.5. The van der Waals surface area contributed by atoms with Crippen molar-refractivity contribution in [2.75, 3.05) is 18.4 Å². The fraction of sp³-hybridized carbons (Fsp3) is 0.312. The summed E-state index contributed by atoms with van der Waals surface area (Å²) < 4.78 is 0.647. The molecule has 2 N–H and O–H groups in total. The van der Waals surface area contributed by atoms with E-state index in [1.807, 2.05) is 6.07 Å². The molecule has 2 aromatic rings. The number of rotatable bonds is 3. The second-order valence-corrected chi connectivity index (χ2v) is 7.27. The highest BCUT2D eigenvalue weighted by Crippen LogP contribution is 2.34. The van der Waals surface area contributed by atoms with Gasteiger partial charge in [-0.3, -0.25) is 9.78 Å². The normalized spacial score (nSPS) is 17.5. The van der Waals surface area contributed by atoms with Crippen LogP contribution < -0.4 is 5.32 Å². The van der Waals surface area contributed by atoms with Crippen molar-refractivity contribution < 1.29 is 14.7 Å². The Morgan fingerprint density at radius 2 is 2.21 bits per heavy atom. The zero-order valence-electron chi connectivity index (χ0n) is 12.7. The lowest BCUT2D eigenvalue weighted by molar-refractivity contribution is -0.143. The molecular weight excluding hydrogens is 350 g/mol. The van der Waals surface area contributed by atoms with Crippen LogP contribution in [0.25, 0.3) is 10.6 Å². The first-order valence-corrected chi connectivity index (χ1v) is 8.73. The number of carbonyl (C=O) groups is 2. The lowest BCUT2D eigenvalue weighted by Crippen LogP contribution is -2.44. The third-order valence-corrected chi connectivity index (χ3v) is 5.15. The summed E-state index contributed by atoms with van der Waals surface area (Å²) in [4.78, 5) is 30.4. The molecule has 1 atom stereocenters. The van der Waals surface area contributed by atoms with Crippen LogP contribution in [0, 0.1) is 5.92 Å². The summed E-state index contributed by atoms with van der Waals surface area (Å²) in [6.45, 7) is 0.775. The molecule has 8 heteroatoms. The van der Waals surface area contributed by atoms with Crippen molar-refractivity contribution in [1.82, 2.24) is 9.88 Å². The van der Waals surface area contributed by atoms with E-state index in [2.05, 4.69) is 10.3 Å². The number of piperidine rings is 1. The van der Waals surface area contributed by atoms with Crippen LogP contribution in [0.4, 0.5) is 10.5 Å². The Hall–Kier alpha value is -2.12. The average molecular weight is 366 g/mol. The van der Waals surface area contributed by atoms with Gasteiger partial charge < -0.3 is 15.3 Å². The monoisotopic (exact) mass is 365 g/mol. The Morgan fingerprint density at radius 3 is 2.92 bits per heavy atom. The molecule has 0 spiro atoms. The number of anilines is 1. The number of aromatic nitrogens is 1. The van der Waals surface area contributed by atoms with E-state index in [4.69, 9.17) is 16.7 Å². The minimum atomic E-state index is -0.859. The van der Waals surface area contributed by atoms with Gasteiger partial charge in [-0.25, -0.2) is 4.79 Å². The Kier molecular flexibility index (Phi) is 5.01. The number of aliphatic carboxylic acids is 1. The second kappa shape index (κ2) is 7.19. The van der Waals surface area contributed by atoms with E-state index in [9.17, 15) is 9.59 Å². The number of carboxylic acid groups (broad SMARTS) is 1. The summed E-state index contributed by atoms with van der Waals surface area (Å²) in [7, 11) is 0. The van der Waals surface area contributed by atoms with Crippen LogP contribution in [0.15, 0.2) is 30.5 Å². The fourth-order valence-electron chi connectivity index (χ4n) is 2.70. The van der Waals surface area contributed by atoms with Gasteiger partial charge in [0.05, 0.1) is 20.8 Å². The second-order valence-electron chi connectivity index (χ2n) is 5.56. The number of nitrogens with zero attached hydrogens (tertiary/aromatic N) is 2. The van der Waals surface area contributed by atoms with Crippen LogP contribution in [0.3, 0.4) is 0 Å². The zero-order valence-corrected chi connectivity index (χ0v) is 14.3. The predicted molar refractivity (Wildman–Crippen MR) is 93.5 cm³/mol. The smallest absolute Gasteiger partial charge is 0.321 e. The molecule has 1 aliphatic heterocycles. The average Bonchev–Trinajstić information content (AvgIpc) is 3.01. The molecule has 1 fully saturated rings. The SMILES string of the molecule is O=C(O)C1CCCN(C(=O)Nc2cccnc2-c2ccc(Cl)s2)C1. The maximum absolute atomic E-state index is 12.5. The molecule has 0 bridgehead atoms. The maximum atomic E-state index is 12.5. The number of hydrogen-bond acceptors (Lipinski definition) is 4. The molecule has 0 radical (unpaired) electrons. The van der Waals surface area contributed by atoms with Gasteiger partial charge >= 0.3 is 12.0 Å². The van der Waals surface area contributed by atoms with Gasteiger partial charge in [0.2, 0.25) is 0 Å². The molecule has 2 amide bonds. The van der Waals surface area contributed by atoms with Gasteiger partial charge in [-0.2, -0.15) is 0 Å². The maximum Gasteiger partial charge on any atom is 0.321 e. The molecule has 0 saturated carbocycles. The molecule has 2 aromatic heterocycles. The largest absolute Gasteiger partial charge is 0.481 e. The number of carbonyl (C=O) groups excluding carboxylic acids is 1. The van der Waals surface area contributed by atoms with E-state index in [0.717, 1.165) is 4.88 Å². The number of thiophene rings is 1. The third-order valence-electron chi connectivity index (χ3n) is 3.91.